The molecule has 2 aromatic rings. The average Bonchev–Trinajstić information content (AvgIpc) is 3.11. The summed E-state index contributed by atoms with van der Waals surface area (Å²) in [5.41, 5.74) is 2.19. The Morgan fingerprint density at radius 1 is 1.37 bits per heavy atom. The lowest BCUT2D eigenvalue weighted by Crippen LogP contribution is -2.24. The first-order chi connectivity index (χ1) is 9.36. The van der Waals surface area contributed by atoms with Crippen LogP contribution in [0.5, 0.6) is 0 Å². The molecule has 0 radical (unpaired) electrons. The van der Waals surface area contributed by atoms with Crippen LogP contribution < -0.4 is 5.32 Å². The minimum Gasteiger partial charge on any atom is -0.372 e. The maximum absolute atomic E-state index is 4.61. The van der Waals surface area contributed by atoms with Gasteiger partial charge in [-0.25, -0.2) is 9.97 Å². The van der Waals surface area contributed by atoms with Gasteiger partial charge in [0.15, 0.2) is 0 Å². The third-order valence-electron chi connectivity index (χ3n) is 3.54. The van der Waals surface area contributed by atoms with E-state index in [-0.39, 0.29) is 0 Å². The fraction of sp³-hybridized carbons (Fsp3) is 0.462. The fourth-order valence-corrected chi connectivity index (χ4v) is 2.60. The second-order valence-corrected chi connectivity index (χ2v) is 4.78. The number of aromatic amines is 1. The van der Waals surface area contributed by atoms with Crippen LogP contribution in [-0.2, 0) is 6.54 Å². The zero-order chi connectivity index (χ0) is 13.1. The Labute approximate surface area is 112 Å². The number of nitrogens with one attached hydrogen (secondary N) is 2. The van der Waals surface area contributed by atoms with E-state index in [1.807, 2.05) is 19.4 Å². The summed E-state index contributed by atoms with van der Waals surface area (Å²) in [6.07, 6.45) is 9.56. The average molecular weight is 258 g/mol. The van der Waals surface area contributed by atoms with E-state index >= 15 is 0 Å². The summed E-state index contributed by atoms with van der Waals surface area (Å²) in [5, 5.41) is 3.04. The number of hydrogen-bond donors (Lipinski definition) is 2. The van der Waals surface area contributed by atoms with Crippen LogP contribution in [0.4, 0.5) is 5.82 Å². The van der Waals surface area contributed by atoms with Gasteiger partial charge in [0.05, 0.1) is 30.5 Å². The minimum absolute atomic E-state index is 0.351. The normalized spacial score (nSPS) is 19.7. The van der Waals surface area contributed by atoms with Crippen LogP contribution in [0.1, 0.15) is 30.3 Å². The van der Waals surface area contributed by atoms with Gasteiger partial charge >= 0.3 is 0 Å². The maximum atomic E-state index is 4.61. The molecule has 0 unspecified atom stereocenters. The van der Waals surface area contributed by atoms with Crippen molar-refractivity contribution in [3.63, 3.8) is 0 Å². The molecule has 0 saturated carbocycles. The van der Waals surface area contributed by atoms with Crippen LogP contribution in [-0.4, -0.2) is 38.4 Å². The van der Waals surface area contributed by atoms with Crippen LogP contribution in [0.25, 0.3) is 0 Å². The SMILES string of the molecule is CNc1cncc([C@H]2CCCN2Cc2cnc[nH]2)n1. The number of anilines is 1. The highest BCUT2D eigenvalue weighted by molar-refractivity contribution is 5.31. The Bertz CT molecular complexity index is 524. The maximum Gasteiger partial charge on any atom is 0.144 e. The molecule has 0 bridgehead atoms. The topological polar surface area (TPSA) is 69.7 Å². The van der Waals surface area contributed by atoms with Gasteiger partial charge in [-0.2, -0.15) is 0 Å². The first kappa shape index (κ1) is 12.1. The summed E-state index contributed by atoms with van der Waals surface area (Å²) in [7, 11) is 1.87. The first-order valence-electron chi connectivity index (χ1n) is 6.58. The van der Waals surface area contributed by atoms with Gasteiger partial charge in [0, 0.05) is 25.5 Å². The molecule has 0 spiro atoms. The lowest BCUT2D eigenvalue weighted by atomic mass is 10.1. The van der Waals surface area contributed by atoms with E-state index in [4.69, 9.17) is 0 Å². The third kappa shape index (κ3) is 2.58. The molecule has 1 aliphatic rings. The molecular weight excluding hydrogens is 240 g/mol. The predicted molar refractivity (Wildman–Crippen MR) is 72.6 cm³/mol. The van der Waals surface area contributed by atoms with E-state index in [2.05, 4.69) is 30.2 Å². The van der Waals surface area contributed by atoms with Crippen molar-refractivity contribution in [2.45, 2.75) is 25.4 Å². The van der Waals surface area contributed by atoms with Gasteiger partial charge in [0.1, 0.15) is 5.82 Å². The molecule has 1 saturated heterocycles. The Hall–Kier alpha value is -1.95. The zero-order valence-corrected chi connectivity index (χ0v) is 11.0. The lowest BCUT2D eigenvalue weighted by Gasteiger charge is -2.23. The van der Waals surface area contributed by atoms with Crippen LogP contribution in [0, 0.1) is 0 Å². The van der Waals surface area contributed by atoms with Gasteiger partial charge in [0.2, 0.25) is 0 Å². The van der Waals surface area contributed by atoms with Crippen molar-refractivity contribution in [3.05, 3.63) is 36.3 Å². The van der Waals surface area contributed by atoms with Gasteiger partial charge in [-0.05, 0) is 19.4 Å². The summed E-state index contributed by atoms with van der Waals surface area (Å²) in [4.78, 5) is 18.5. The highest BCUT2D eigenvalue weighted by Crippen LogP contribution is 2.31. The Kier molecular flexibility index (Phi) is 3.41. The van der Waals surface area contributed by atoms with Crippen molar-refractivity contribution >= 4 is 5.82 Å². The van der Waals surface area contributed by atoms with Crippen molar-refractivity contribution in [2.24, 2.45) is 0 Å². The van der Waals surface area contributed by atoms with E-state index < -0.39 is 0 Å². The molecule has 0 aliphatic carbocycles. The number of aromatic nitrogens is 4. The molecule has 6 nitrogen and oxygen atoms in total. The summed E-state index contributed by atoms with van der Waals surface area (Å²) in [5.74, 6) is 0.825. The Balaban J connectivity index is 1.78. The summed E-state index contributed by atoms with van der Waals surface area (Å²) < 4.78 is 0. The van der Waals surface area contributed by atoms with Gasteiger partial charge in [0.25, 0.3) is 0 Å². The monoisotopic (exact) mass is 258 g/mol. The van der Waals surface area contributed by atoms with E-state index in [9.17, 15) is 0 Å². The van der Waals surface area contributed by atoms with E-state index in [1.54, 1.807) is 12.5 Å². The first-order valence-corrected chi connectivity index (χ1v) is 6.58. The molecule has 0 aromatic carbocycles. The smallest absolute Gasteiger partial charge is 0.144 e. The fourth-order valence-electron chi connectivity index (χ4n) is 2.60. The Morgan fingerprint density at radius 2 is 2.32 bits per heavy atom. The van der Waals surface area contributed by atoms with E-state index in [0.717, 1.165) is 36.7 Å². The van der Waals surface area contributed by atoms with Gasteiger partial charge < -0.3 is 10.3 Å². The van der Waals surface area contributed by atoms with Crippen LogP contribution in [0.2, 0.25) is 0 Å². The standard InChI is InChI=1S/C13H18N6/c1-14-13-7-15-6-11(18-13)12-3-2-4-19(12)8-10-5-16-9-17-10/h5-7,9,12H,2-4,8H2,1H3,(H,14,18)(H,16,17)/t12-/m1/s1. The number of likely N-dealkylation sites (tertiary alicyclic amines) is 1. The molecule has 0 amide bonds. The molecule has 2 aromatic heterocycles. The molecule has 1 atom stereocenters. The lowest BCUT2D eigenvalue weighted by molar-refractivity contribution is 0.241. The Morgan fingerprint density at radius 3 is 3.11 bits per heavy atom. The highest BCUT2D eigenvalue weighted by Gasteiger charge is 2.27. The van der Waals surface area contributed by atoms with Crippen LogP contribution in [0.3, 0.4) is 0 Å². The molecular formula is C13H18N6. The number of hydrogen-bond acceptors (Lipinski definition) is 5. The van der Waals surface area contributed by atoms with Crippen LogP contribution >= 0.6 is 0 Å². The summed E-state index contributed by atoms with van der Waals surface area (Å²) in [6.45, 7) is 1.98. The van der Waals surface area contributed by atoms with Gasteiger partial charge in [-0.3, -0.25) is 9.88 Å². The molecule has 19 heavy (non-hydrogen) atoms. The van der Waals surface area contributed by atoms with E-state index in [1.165, 1.54) is 6.42 Å². The zero-order valence-electron chi connectivity index (χ0n) is 11.0. The van der Waals surface area contributed by atoms with Gasteiger partial charge in [-0.15, -0.1) is 0 Å². The summed E-state index contributed by atoms with van der Waals surface area (Å²) >= 11 is 0. The molecule has 1 aliphatic heterocycles. The van der Waals surface area contributed by atoms with E-state index in [0.29, 0.717) is 6.04 Å². The molecule has 3 heterocycles. The van der Waals surface area contributed by atoms with Crippen LogP contribution in [0.15, 0.2) is 24.9 Å². The molecule has 6 heteroatoms. The number of H-pyrrole nitrogens is 1. The second kappa shape index (κ2) is 5.36. The predicted octanol–water partition coefficient (Wildman–Crippen LogP) is 1.58. The second-order valence-electron chi connectivity index (χ2n) is 4.78. The molecule has 2 N–H and O–H groups in total. The molecule has 1 fully saturated rings. The van der Waals surface area contributed by atoms with Crippen molar-refractivity contribution in [1.82, 2.24) is 24.8 Å². The van der Waals surface area contributed by atoms with Crippen molar-refractivity contribution in [2.75, 3.05) is 18.9 Å². The van der Waals surface area contributed by atoms with Crippen molar-refractivity contribution < 1.29 is 0 Å². The quantitative estimate of drug-likeness (QED) is 0.871. The van der Waals surface area contributed by atoms with Gasteiger partial charge in [-0.1, -0.05) is 0 Å². The largest absolute Gasteiger partial charge is 0.372 e. The minimum atomic E-state index is 0.351. The number of nitrogens with zero attached hydrogens (tertiary/aromatic N) is 4. The van der Waals surface area contributed by atoms with Crippen molar-refractivity contribution in [3.8, 4) is 0 Å². The van der Waals surface area contributed by atoms with Crippen molar-refractivity contribution in [1.29, 1.82) is 0 Å². The number of rotatable bonds is 4. The molecule has 3 rings (SSSR count). The number of imidazole rings is 1. The highest BCUT2D eigenvalue weighted by atomic mass is 15.2. The third-order valence-corrected chi connectivity index (χ3v) is 3.54. The summed E-state index contributed by atoms with van der Waals surface area (Å²) in [6, 6.07) is 0.351. The molecule has 100 valence electrons.